The van der Waals surface area contributed by atoms with E-state index in [1.165, 1.54) is 4.90 Å². The third-order valence-electron chi connectivity index (χ3n) is 5.46. The summed E-state index contributed by atoms with van der Waals surface area (Å²) in [5, 5.41) is 15.1. The smallest absolute Gasteiger partial charge is 0.408 e. The van der Waals surface area contributed by atoms with Gasteiger partial charge in [-0.2, -0.15) is 5.26 Å². The zero-order valence-electron chi connectivity index (χ0n) is 21.6. The molecule has 0 aliphatic carbocycles. The molecule has 188 valence electrons. The fourth-order valence-corrected chi connectivity index (χ4v) is 3.38. The number of alkyl carbamates (subject to hydrolysis) is 1. The van der Waals surface area contributed by atoms with Gasteiger partial charge in [0, 0.05) is 6.54 Å². The van der Waals surface area contributed by atoms with Gasteiger partial charge in [0.15, 0.2) is 0 Å². The SMILES string of the molecule is CCCCNC(=O)C(c1ccc(C)cc1)N(CC#N)C(=O)C(NC(=O)OC(C)(C)C)C(C)CC. The minimum absolute atomic E-state index is 0.247. The number of amides is 3. The summed E-state index contributed by atoms with van der Waals surface area (Å²) >= 11 is 0. The van der Waals surface area contributed by atoms with E-state index < -0.39 is 29.7 Å². The van der Waals surface area contributed by atoms with Crippen molar-refractivity contribution in [3.63, 3.8) is 0 Å². The number of benzene rings is 1. The highest BCUT2D eigenvalue weighted by Gasteiger charge is 2.38. The largest absolute Gasteiger partial charge is 0.444 e. The van der Waals surface area contributed by atoms with Crippen LogP contribution < -0.4 is 10.6 Å². The Morgan fingerprint density at radius 2 is 1.76 bits per heavy atom. The van der Waals surface area contributed by atoms with Gasteiger partial charge in [0.2, 0.25) is 11.8 Å². The third kappa shape index (κ3) is 9.05. The second-order valence-corrected chi connectivity index (χ2v) is 9.59. The average molecular weight is 473 g/mol. The van der Waals surface area contributed by atoms with Crippen molar-refractivity contribution in [1.82, 2.24) is 15.5 Å². The highest BCUT2D eigenvalue weighted by atomic mass is 16.6. The minimum atomic E-state index is -1.00. The molecule has 1 aromatic rings. The number of hydrogen-bond donors (Lipinski definition) is 2. The lowest BCUT2D eigenvalue weighted by atomic mass is 9.95. The first-order valence-electron chi connectivity index (χ1n) is 12.0. The van der Waals surface area contributed by atoms with Crippen molar-refractivity contribution >= 4 is 17.9 Å². The van der Waals surface area contributed by atoms with Crippen LogP contribution in [-0.2, 0) is 14.3 Å². The van der Waals surface area contributed by atoms with E-state index in [-0.39, 0.29) is 18.4 Å². The van der Waals surface area contributed by atoms with Gasteiger partial charge in [-0.3, -0.25) is 9.59 Å². The van der Waals surface area contributed by atoms with Gasteiger partial charge in [-0.25, -0.2) is 4.79 Å². The van der Waals surface area contributed by atoms with Crippen molar-refractivity contribution in [3.05, 3.63) is 35.4 Å². The van der Waals surface area contributed by atoms with Crippen molar-refractivity contribution < 1.29 is 19.1 Å². The molecule has 0 radical (unpaired) electrons. The van der Waals surface area contributed by atoms with E-state index in [4.69, 9.17) is 4.74 Å². The van der Waals surface area contributed by atoms with E-state index in [2.05, 4.69) is 10.6 Å². The molecule has 0 aromatic heterocycles. The van der Waals surface area contributed by atoms with Crippen molar-refractivity contribution in [1.29, 1.82) is 5.26 Å². The predicted molar refractivity (Wildman–Crippen MR) is 132 cm³/mol. The molecule has 0 fully saturated rings. The van der Waals surface area contributed by atoms with Crippen molar-refractivity contribution in [2.45, 2.75) is 85.4 Å². The molecule has 0 spiro atoms. The van der Waals surface area contributed by atoms with Crippen LogP contribution in [0.4, 0.5) is 4.79 Å². The zero-order chi connectivity index (χ0) is 25.9. The average Bonchev–Trinajstić information content (AvgIpc) is 2.76. The molecule has 0 bridgehead atoms. The van der Waals surface area contributed by atoms with Crippen LogP contribution in [-0.4, -0.2) is 47.5 Å². The number of nitrogens with one attached hydrogen (secondary N) is 2. The van der Waals surface area contributed by atoms with Crippen molar-refractivity contribution in [2.24, 2.45) is 5.92 Å². The molecule has 0 aliphatic heterocycles. The molecule has 1 rings (SSSR count). The molecule has 8 heteroatoms. The molecule has 0 saturated carbocycles. The molecule has 0 aliphatic rings. The number of hydrogen-bond acceptors (Lipinski definition) is 5. The quantitative estimate of drug-likeness (QED) is 0.369. The Labute approximate surface area is 204 Å². The topological polar surface area (TPSA) is 112 Å². The Morgan fingerprint density at radius 3 is 2.26 bits per heavy atom. The van der Waals surface area contributed by atoms with Gasteiger partial charge in [-0.1, -0.05) is 63.4 Å². The first-order valence-corrected chi connectivity index (χ1v) is 12.0. The lowest BCUT2D eigenvalue weighted by Crippen LogP contribution is -2.55. The summed E-state index contributed by atoms with van der Waals surface area (Å²) in [6.07, 6.45) is 1.59. The minimum Gasteiger partial charge on any atom is -0.444 e. The van der Waals surface area contributed by atoms with Crippen LogP contribution in [0.3, 0.4) is 0 Å². The van der Waals surface area contributed by atoms with Gasteiger partial charge in [0.05, 0.1) is 6.07 Å². The van der Waals surface area contributed by atoms with Gasteiger partial charge in [0.25, 0.3) is 0 Å². The molecular weight excluding hydrogens is 432 g/mol. The van der Waals surface area contributed by atoms with Gasteiger partial charge in [-0.05, 0) is 45.6 Å². The fraction of sp³-hybridized carbons (Fsp3) is 0.615. The molecule has 8 nitrogen and oxygen atoms in total. The van der Waals surface area contributed by atoms with Crippen LogP contribution in [0.1, 0.15) is 78.0 Å². The number of aryl methyl sites for hydroxylation is 1. The molecular formula is C26H40N4O4. The maximum atomic E-state index is 13.8. The van der Waals surface area contributed by atoms with Gasteiger partial charge in [-0.15, -0.1) is 0 Å². The highest BCUT2D eigenvalue weighted by molar-refractivity contribution is 5.92. The zero-order valence-corrected chi connectivity index (χ0v) is 21.6. The van der Waals surface area contributed by atoms with E-state index in [1.807, 2.05) is 45.9 Å². The summed E-state index contributed by atoms with van der Waals surface area (Å²) in [5.41, 5.74) is 0.878. The fourth-order valence-electron chi connectivity index (χ4n) is 3.38. The molecule has 0 saturated heterocycles. The normalized spacial score (nSPS) is 13.7. The summed E-state index contributed by atoms with van der Waals surface area (Å²) in [6, 6.07) is 7.36. The Kier molecular flexibility index (Phi) is 11.6. The van der Waals surface area contributed by atoms with Gasteiger partial charge in [0.1, 0.15) is 24.2 Å². The van der Waals surface area contributed by atoms with Crippen molar-refractivity contribution in [2.75, 3.05) is 13.1 Å². The number of unbranched alkanes of at least 4 members (excludes halogenated alkanes) is 1. The van der Waals surface area contributed by atoms with E-state index in [9.17, 15) is 19.6 Å². The molecule has 2 N–H and O–H groups in total. The number of ether oxygens (including phenoxy) is 1. The number of rotatable bonds is 11. The monoisotopic (exact) mass is 472 g/mol. The Balaban J connectivity index is 3.39. The molecule has 1 aromatic carbocycles. The van der Waals surface area contributed by atoms with Crippen LogP contribution in [0, 0.1) is 24.2 Å². The van der Waals surface area contributed by atoms with Crippen LogP contribution in [0.15, 0.2) is 24.3 Å². The Hall–Kier alpha value is -3.08. The van der Waals surface area contributed by atoms with E-state index in [1.54, 1.807) is 32.9 Å². The van der Waals surface area contributed by atoms with Gasteiger partial charge < -0.3 is 20.3 Å². The maximum absolute atomic E-state index is 13.8. The lowest BCUT2D eigenvalue weighted by molar-refractivity contribution is -0.142. The molecule has 3 unspecified atom stereocenters. The first-order chi connectivity index (χ1) is 15.9. The third-order valence-corrected chi connectivity index (χ3v) is 5.46. The van der Waals surface area contributed by atoms with Crippen LogP contribution in [0.5, 0.6) is 0 Å². The lowest BCUT2D eigenvalue weighted by Gasteiger charge is -2.34. The molecule has 34 heavy (non-hydrogen) atoms. The van der Waals surface area contributed by atoms with E-state index in [0.29, 0.717) is 18.5 Å². The number of nitriles is 1. The summed E-state index contributed by atoms with van der Waals surface area (Å²) in [6.45, 7) is 13.1. The van der Waals surface area contributed by atoms with Crippen molar-refractivity contribution in [3.8, 4) is 6.07 Å². The molecule has 3 amide bonds. The van der Waals surface area contributed by atoms with E-state index >= 15 is 0 Å². The standard InChI is InChI=1S/C26H40N4O4/c1-8-10-16-28-23(31)22(20-13-11-18(3)12-14-20)30(17-15-27)24(32)21(19(4)9-2)29-25(33)34-26(5,6)7/h11-14,19,21-22H,8-10,16-17H2,1-7H3,(H,28,31)(H,29,33). The number of carbonyl (C=O) groups excluding carboxylic acids is 3. The second kappa shape index (κ2) is 13.6. The van der Waals surface area contributed by atoms with Gasteiger partial charge >= 0.3 is 6.09 Å². The summed E-state index contributed by atoms with van der Waals surface area (Å²) in [4.78, 5) is 40.8. The Bertz CT molecular complexity index is 855. The summed E-state index contributed by atoms with van der Waals surface area (Å²) < 4.78 is 5.36. The number of carbonyl (C=O) groups is 3. The van der Waals surface area contributed by atoms with Crippen LogP contribution in [0.25, 0.3) is 0 Å². The maximum Gasteiger partial charge on any atom is 0.408 e. The predicted octanol–water partition coefficient (Wildman–Crippen LogP) is 4.24. The second-order valence-electron chi connectivity index (χ2n) is 9.59. The van der Waals surface area contributed by atoms with E-state index in [0.717, 1.165) is 18.4 Å². The first kappa shape index (κ1) is 29.0. The number of nitrogens with zero attached hydrogens (tertiary/aromatic N) is 2. The highest BCUT2D eigenvalue weighted by Crippen LogP contribution is 2.25. The molecule has 3 atom stereocenters. The summed E-state index contributed by atoms with van der Waals surface area (Å²) in [7, 11) is 0. The molecule has 0 heterocycles. The summed E-state index contributed by atoms with van der Waals surface area (Å²) in [5.74, 6) is -1.11. The van der Waals surface area contributed by atoms with Crippen LogP contribution in [0.2, 0.25) is 0 Å². The Morgan fingerprint density at radius 1 is 1.15 bits per heavy atom. The van der Waals surface area contributed by atoms with Crippen LogP contribution >= 0.6 is 0 Å².